The molecule has 0 bridgehead atoms. The molecule has 6 nitrogen and oxygen atoms in total. The highest BCUT2D eigenvalue weighted by Crippen LogP contribution is 2.50. The number of ether oxygens (including phenoxy) is 1. The zero-order valence-electron chi connectivity index (χ0n) is 14.6. The van der Waals surface area contributed by atoms with Crippen molar-refractivity contribution < 1.29 is 9.84 Å². The smallest absolute Gasteiger partial charge is 0.262 e. The third kappa shape index (κ3) is 2.83. The van der Waals surface area contributed by atoms with Crippen molar-refractivity contribution in [2.45, 2.75) is 38.8 Å². The molecule has 134 valence electrons. The maximum Gasteiger partial charge on any atom is 0.262 e. The Kier molecular flexibility index (Phi) is 4.25. The fraction of sp³-hybridized carbons (Fsp3) is 0.579. The summed E-state index contributed by atoms with van der Waals surface area (Å²) in [6, 6.07) is 7.43. The van der Waals surface area contributed by atoms with E-state index in [9.17, 15) is 9.90 Å². The second-order valence-electron chi connectivity index (χ2n) is 7.27. The van der Waals surface area contributed by atoms with E-state index in [1.54, 1.807) is 10.6 Å². The van der Waals surface area contributed by atoms with Gasteiger partial charge >= 0.3 is 0 Å². The summed E-state index contributed by atoms with van der Waals surface area (Å²) in [6.45, 7) is 4.82. The van der Waals surface area contributed by atoms with Gasteiger partial charge in [-0.2, -0.15) is 0 Å². The molecule has 2 aliphatic rings. The molecule has 1 spiro atoms. The zero-order chi connectivity index (χ0) is 17.4. The maximum absolute atomic E-state index is 12.8. The molecule has 25 heavy (non-hydrogen) atoms. The Balaban J connectivity index is 1.65. The van der Waals surface area contributed by atoms with E-state index >= 15 is 0 Å². The highest BCUT2D eigenvalue weighted by atomic mass is 16.5. The van der Waals surface area contributed by atoms with Crippen LogP contribution in [0, 0.1) is 5.41 Å². The predicted molar refractivity (Wildman–Crippen MR) is 97.0 cm³/mol. The molecule has 1 aliphatic carbocycles. The Labute approximate surface area is 147 Å². The van der Waals surface area contributed by atoms with Crippen molar-refractivity contribution in [3.05, 3.63) is 34.6 Å². The fourth-order valence-electron chi connectivity index (χ4n) is 4.40. The van der Waals surface area contributed by atoms with E-state index < -0.39 is 0 Å². The van der Waals surface area contributed by atoms with Gasteiger partial charge in [0, 0.05) is 19.7 Å². The number of nitrogens with zero attached hydrogens (tertiary/aromatic N) is 3. The van der Waals surface area contributed by atoms with Crippen LogP contribution in [0.2, 0.25) is 0 Å². The van der Waals surface area contributed by atoms with Crippen LogP contribution in [-0.2, 0) is 11.3 Å². The second kappa shape index (κ2) is 6.42. The van der Waals surface area contributed by atoms with Crippen LogP contribution < -0.4 is 10.5 Å². The van der Waals surface area contributed by atoms with E-state index in [-0.39, 0.29) is 18.7 Å². The van der Waals surface area contributed by atoms with Gasteiger partial charge in [0.2, 0.25) is 5.95 Å². The van der Waals surface area contributed by atoms with Crippen LogP contribution in [0.25, 0.3) is 10.9 Å². The van der Waals surface area contributed by atoms with Crippen molar-refractivity contribution in [2.75, 3.05) is 31.2 Å². The normalized spacial score (nSPS) is 25.7. The van der Waals surface area contributed by atoms with Gasteiger partial charge in [0.25, 0.3) is 5.56 Å². The van der Waals surface area contributed by atoms with Crippen molar-refractivity contribution in [3.63, 3.8) is 0 Å². The number of aliphatic hydroxyl groups is 1. The molecule has 1 aromatic carbocycles. The SMILES string of the molecule is CCOC1CC2(CCN(c3nc4ccccc4c(=O)n3CCO)C2)C1. The molecule has 4 rings (SSSR count). The average molecular weight is 343 g/mol. The first-order chi connectivity index (χ1) is 12.2. The van der Waals surface area contributed by atoms with E-state index in [1.165, 1.54) is 0 Å². The summed E-state index contributed by atoms with van der Waals surface area (Å²) in [6.07, 6.45) is 3.68. The van der Waals surface area contributed by atoms with E-state index in [2.05, 4.69) is 4.90 Å². The van der Waals surface area contributed by atoms with Gasteiger partial charge in [-0.3, -0.25) is 9.36 Å². The van der Waals surface area contributed by atoms with Gasteiger partial charge in [0.15, 0.2) is 0 Å². The van der Waals surface area contributed by atoms with E-state index in [4.69, 9.17) is 9.72 Å². The number of hydrogen-bond acceptors (Lipinski definition) is 5. The first kappa shape index (κ1) is 16.5. The maximum atomic E-state index is 12.8. The largest absolute Gasteiger partial charge is 0.395 e. The highest BCUT2D eigenvalue weighted by molar-refractivity contribution is 5.78. The Hall–Kier alpha value is -1.92. The van der Waals surface area contributed by atoms with Crippen LogP contribution >= 0.6 is 0 Å². The monoisotopic (exact) mass is 343 g/mol. The zero-order valence-corrected chi connectivity index (χ0v) is 14.6. The third-order valence-corrected chi connectivity index (χ3v) is 5.61. The van der Waals surface area contributed by atoms with E-state index in [0.29, 0.717) is 22.9 Å². The lowest BCUT2D eigenvalue weighted by Crippen LogP contribution is -2.45. The molecule has 6 heteroatoms. The number of benzene rings is 1. The van der Waals surface area contributed by atoms with Crippen LogP contribution in [0.5, 0.6) is 0 Å². The number of hydrogen-bond donors (Lipinski definition) is 1. The highest BCUT2D eigenvalue weighted by Gasteiger charge is 2.49. The second-order valence-corrected chi connectivity index (χ2v) is 7.27. The topological polar surface area (TPSA) is 67.6 Å². The van der Waals surface area contributed by atoms with Gasteiger partial charge in [-0.25, -0.2) is 4.98 Å². The fourth-order valence-corrected chi connectivity index (χ4v) is 4.40. The lowest BCUT2D eigenvalue weighted by atomic mass is 9.66. The molecular weight excluding hydrogens is 318 g/mol. The average Bonchev–Trinajstić information content (AvgIpc) is 3.03. The van der Waals surface area contributed by atoms with Gasteiger partial charge in [0.1, 0.15) is 0 Å². The van der Waals surface area contributed by atoms with Crippen molar-refractivity contribution in [1.29, 1.82) is 0 Å². The number of aliphatic hydroxyl groups excluding tert-OH is 1. The molecule has 2 fully saturated rings. The van der Waals surface area contributed by atoms with Crippen LogP contribution in [0.1, 0.15) is 26.2 Å². The Bertz CT molecular complexity index is 826. The Morgan fingerprint density at radius 1 is 1.36 bits per heavy atom. The van der Waals surface area contributed by atoms with Crippen LogP contribution in [0.3, 0.4) is 0 Å². The molecule has 0 atom stereocenters. The lowest BCUT2D eigenvalue weighted by molar-refractivity contribution is -0.0670. The molecule has 1 saturated heterocycles. The van der Waals surface area contributed by atoms with Gasteiger partial charge in [-0.1, -0.05) is 12.1 Å². The predicted octanol–water partition coefficient (Wildman–Crippen LogP) is 1.78. The molecule has 1 N–H and O–H groups in total. The third-order valence-electron chi connectivity index (χ3n) is 5.61. The minimum Gasteiger partial charge on any atom is -0.395 e. The summed E-state index contributed by atoms with van der Waals surface area (Å²) in [7, 11) is 0. The van der Waals surface area contributed by atoms with E-state index in [1.807, 2.05) is 25.1 Å². The van der Waals surface area contributed by atoms with E-state index in [0.717, 1.165) is 44.5 Å². The summed E-state index contributed by atoms with van der Waals surface area (Å²) >= 11 is 0. The summed E-state index contributed by atoms with van der Waals surface area (Å²) < 4.78 is 7.35. The number of anilines is 1. The summed E-state index contributed by atoms with van der Waals surface area (Å²) in [5.41, 5.74) is 0.947. The quantitative estimate of drug-likeness (QED) is 0.896. The minimum absolute atomic E-state index is 0.0711. The van der Waals surface area contributed by atoms with Crippen molar-refractivity contribution in [1.82, 2.24) is 9.55 Å². The first-order valence-corrected chi connectivity index (χ1v) is 9.13. The Morgan fingerprint density at radius 2 is 2.16 bits per heavy atom. The van der Waals surface area contributed by atoms with Crippen LogP contribution in [0.4, 0.5) is 5.95 Å². The van der Waals surface area contributed by atoms with Crippen molar-refractivity contribution in [3.8, 4) is 0 Å². The number of rotatable bonds is 5. The summed E-state index contributed by atoms with van der Waals surface area (Å²) in [5.74, 6) is 0.689. The molecule has 1 aromatic heterocycles. The van der Waals surface area contributed by atoms with Crippen LogP contribution in [0.15, 0.2) is 29.1 Å². The minimum atomic E-state index is -0.0728. The van der Waals surface area contributed by atoms with Gasteiger partial charge in [0.05, 0.1) is 30.2 Å². The molecule has 2 heterocycles. The molecule has 1 aliphatic heterocycles. The lowest BCUT2D eigenvalue weighted by Gasteiger charge is -2.44. The molecule has 0 radical (unpaired) electrons. The standard InChI is InChI=1S/C19H25N3O3/c1-2-25-14-11-19(12-14)7-8-21(13-19)18-20-16-6-4-3-5-15(16)17(24)22(18)9-10-23/h3-6,14,23H,2,7-13H2,1H3. The summed E-state index contributed by atoms with van der Waals surface area (Å²) in [5, 5.41) is 10.0. The molecular formula is C19H25N3O3. The van der Waals surface area contributed by atoms with Gasteiger partial charge in [-0.05, 0) is 43.7 Å². The van der Waals surface area contributed by atoms with Gasteiger partial charge < -0.3 is 14.7 Å². The van der Waals surface area contributed by atoms with Crippen LogP contribution in [-0.4, -0.2) is 47.1 Å². The molecule has 1 saturated carbocycles. The number of para-hydroxylation sites is 1. The molecule has 0 unspecified atom stereocenters. The molecule has 2 aromatic rings. The number of aromatic nitrogens is 2. The molecule has 0 amide bonds. The Morgan fingerprint density at radius 3 is 2.92 bits per heavy atom. The van der Waals surface area contributed by atoms with Crippen molar-refractivity contribution in [2.24, 2.45) is 5.41 Å². The first-order valence-electron chi connectivity index (χ1n) is 9.13. The summed E-state index contributed by atoms with van der Waals surface area (Å²) in [4.78, 5) is 19.8. The van der Waals surface area contributed by atoms with Gasteiger partial charge in [-0.15, -0.1) is 0 Å². The van der Waals surface area contributed by atoms with Crippen molar-refractivity contribution >= 4 is 16.9 Å². The number of fused-ring (bicyclic) bond motifs is 1.